The summed E-state index contributed by atoms with van der Waals surface area (Å²) < 4.78 is 15.6. The molecule has 0 spiro atoms. The van der Waals surface area contributed by atoms with E-state index < -0.39 is 18.0 Å². The molecule has 0 unspecified atom stereocenters. The summed E-state index contributed by atoms with van der Waals surface area (Å²) in [5.41, 5.74) is 2.07. The van der Waals surface area contributed by atoms with Crippen LogP contribution in [0.2, 0.25) is 5.02 Å². The Morgan fingerprint density at radius 2 is 1.85 bits per heavy atom. The Bertz CT molecular complexity index is 837. The predicted molar refractivity (Wildman–Crippen MR) is 104 cm³/mol. The number of hydrogen-bond acceptors (Lipinski definition) is 5. The first kappa shape index (κ1) is 20.6. The Hall–Kier alpha value is -2.73. The van der Waals surface area contributed by atoms with Crippen molar-refractivity contribution in [1.82, 2.24) is 0 Å². The van der Waals surface area contributed by atoms with E-state index in [0.29, 0.717) is 27.8 Å². The topological polar surface area (TPSA) is 73.9 Å². The summed E-state index contributed by atoms with van der Waals surface area (Å²) in [5, 5.41) is 3.22. The molecule has 0 aromatic heterocycles. The lowest BCUT2D eigenvalue weighted by atomic mass is 10.1. The quantitative estimate of drug-likeness (QED) is 0.727. The van der Waals surface area contributed by atoms with Gasteiger partial charge in [-0.05, 0) is 37.6 Å². The third-order valence-electron chi connectivity index (χ3n) is 3.96. The first-order valence-corrected chi connectivity index (χ1v) is 8.69. The van der Waals surface area contributed by atoms with Gasteiger partial charge >= 0.3 is 5.97 Å². The molecule has 0 aliphatic carbocycles. The van der Waals surface area contributed by atoms with Crippen molar-refractivity contribution in [1.29, 1.82) is 0 Å². The van der Waals surface area contributed by atoms with Crippen molar-refractivity contribution < 1.29 is 23.8 Å². The molecule has 2 rings (SSSR count). The van der Waals surface area contributed by atoms with E-state index in [1.54, 1.807) is 43.5 Å². The predicted octanol–water partition coefficient (Wildman–Crippen LogP) is 3.78. The third-order valence-corrected chi connectivity index (χ3v) is 4.20. The molecule has 0 heterocycles. The molecular formula is C20H22ClNO5. The van der Waals surface area contributed by atoms with Gasteiger partial charge in [0.15, 0.2) is 6.10 Å². The minimum Gasteiger partial charge on any atom is -0.497 e. The zero-order valence-electron chi connectivity index (χ0n) is 15.7. The number of rotatable bonds is 7. The van der Waals surface area contributed by atoms with Crippen LogP contribution in [0, 0.1) is 6.92 Å². The standard InChI is InChI=1S/C20H22ClNO5/c1-12-5-7-15(21)10-17(12)22-20(24)13(2)27-19(23)9-14-6-8-16(25-3)11-18(14)26-4/h5-8,10-11,13H,9H2,1-4H3,(H,22,24)/t13-/m0/s1. The van der Waals surface area contributed by atoms with Crippen molar-refractivity contribution in [2.75, 3.05) is 19.5 Å². The minimum absolute atomic E-state index is 0.0268. The molecule has 144 valence electrons. The molecule has 2 aromatic carbocycles. The molecule has 0 saturated heterocycles. The van der Waals surface area contributed by atoms with Gasteiger partial charge in [-0.2, -0.15) is 0 Å². The molecule has 0 radical (unpaired) electrons. The van der Waals surface area contributed by atoms with Crippen molar-refractivity contribution in [3.8, 4) is 11.5 Å². The minimum atomic E-state index is -0.958. The van der Waals surface area contributed by atoms with E-state index in [1.807, 2.05) is 6.92 Å². The number of benzene rings is 2. The van der Waals surface area contributed by atoms with Crippen molar-refractivity contribution in [2.45, 2.75) is 26.4 Å². The summed E-state index contributed by atoms with van der Waals surface area (Å²) in [6.45, 7) is 3.36. The van der Waals surface area contributed by atoms with Gasteiger partial charge in [0.25, 0.3) is 5.91 Å². The molecule has 1 atom stereocenters. The molecule has 0 bridgehead atoms. The first-order chi connectivity index (χ1) is 12.8. The monoisotopic (exact) mass is 391 g/mol. The van der Waals surface area contributed by atoms with Crippen LogP contribution in [-0.2, 0) is 20.7 Å². The zero-order valence-corrected chi connectivity index (χ0v) is 16.4. The maximum atomic E-state index is 12.3. The number of hydrogen-bond donors (Lipinski definition) is 1. The molecule has 0 fully saturated rings. The number of halogens is 1. The first-order valence-electron chi connectivity index (χ1n) is 8.31. The number of esters is 1. The Kier molecular flexibility index (Phi) is 7.07. The highest BCUT2D eigenvalue weighted by Crippen LogP contribution is 2.25. The molecular weight excluding hydrogens is 370 g/mol. The Labute approximate surface area is 163 Å². The van der Waals surface area contributed by atoms with E-state index in [0.717, 1.165) is 5.56 Å². The van der Waals surface area contributed by atoms with E-state index in [9.17, 15) is 9.59 Å². The van der Waals surface area contributed by atoms with Crippen LogP contribution in [0.5, 0.6) is 11.5 Å². The van der Waals surface area contributed by atoms with Crippen molar-refractivity contribution in [3.63, 3.8) is 0 Å². The highest BCUT2D eigenvalue weighted by Gasteiger charge is 2.20. The fourth-order valence-electron chi connectivity index (χ4n) is 2.41. The van der Waals surface area contributed by atoms with E-state index >= 15 is 0 Å². The van der Waals surface area contributed by atoms with Crippen LogP contribution in [0.3, 0.4) is 0 Å². The lowest BCUT2D eigenvalue weighted by molar-refractivity contribution is -0.152. The number of amides is 1. The molecule has 1 N–H and O–H groups in total. The van der Waals surface area contributed by atoms with Crippen molar-refractivity contribution in [2.24, 2.45) is 0 Å². The van der Waals surface area contributed by atoms with Crippen LogP contribution in [0.25, 0.3) is 0 Å². The van der Waals surface area contributed by atoms with Crippen molar-refractivity contribution >= 4 is 29.2 Å². The summed E-state index contributed by atoms with van der Waals surface area (Å²) in [4.78, 5) is 24.5. The molecule has 6 nitrogen and oxygen atoms in total. The molecule has 0 saturated carbocycles. The maximum absolute atomic E-state index is 12.3. The molecule has 1 amide bonds. The fraction of sp³-hybridized carbons (Fsp3) is 0.300. The van der Waals surface area contributed by atoms with Gasteiger partial charge in [-0.15, -0.1) is 0 Å². The smallest absolute Gasteiger partial charge is 0.311 e. The second-order valence-corrected chi connectivity index (χ2v) is 6.37. The number of anilines is 1. The van der Waals surface area contributed by atoms with Crippen LogP contribution in [-0.4, -0.2) is 32.2 Å². The van der Waals surface area contributed by atoms with Gasteiger partial charge in [-0.25, -0.2) is 0 Å². The van der Waals surface area contributed by atoms with Gasteiger partial charge in [0, 0.05) is 22.3 Å². The van der Waals surface area contributed by atoms with Crippen LogP contribution in [0.15, 0.2) is 36.4 Å². The van der Waals surface area contributed by atoms with Crippen molar-refractivity contribution in [3.05, 3.63) is 52.5 Å². The Morgan fingerprint density at radius 3 is 2.52 bits per heavy atom. The molecule has 2 aromatic rings. The average molecular weight is 392 g/mol. The number of carbonyl (C=O) groups excluding carboxylic acids is 2. The second kappa shape index (κ2) is 9.28. The summed E-state index contributed by atoms with van der Waals surface area (Å²) in [7, 11) is 3.05. The Balaban J connectivity index is 1.98. The molecule has 0 aliphatic rings. The SMILES string of the molecule is COc1ccc(CC(=O)O[C@@H](C)C(=O)Nc2cc(Cl)ccc2C)c(OC)c1. The van der Waals surface area contributed by atoms with E-state index in [1.165, 1.54) is 14.0 Å². The summed E-state index contributed by atoms with van der Waals surface area (Å²) in [6, 6.07) is 10.3. The largest absolute Gasteiger partial charge is 0.497 e. The van der Waals surface area contributed by atoms with Crippen LogP contribution >= 0.6 is 11.6 Å². The summed E-state index contributed by atoms with van der Waals surface area (Å²) in [5.74, 6) is 0.158. The number of carbonyl (C=O) groups is 2. The normalized spacial score (nSPS) is 11.4. The van der Waals surface area contributed by atoms with Gasteiger partial charge < -0.3 is 19.5 Å². The van der Waals surface area contributed by atoms with Gasteiger partial charge in [-0.3, -0.25) is 9.59 Å². The zero-order chi connectivity index (χ0) is 20.0. The second-order valence-electron chi connectivity index (χ2n) is 5.94. The number of ether oxygens (including phenoxy) is 3. The van der Waals surface area contributed by atoms with Gasteiger partial charge in [0.2, 0.25) is 0 Å². The maximum Gasteiger partial charge on any atom is 0.311 e. The van der Waals surface area contributed by atoms with Crippen LogP contribution < -0.4 is 14.8 Å². The lowest BCUT2D eigenvalue weighted by Gasteiger charge is -2.16. The molecule has 7 heteroatoms. The molecule has 27 heavy (non-hydrogen) atoms. The highest BCUT2D eigenvalue weighted by molar-refractivity contribution is 6.31. The van der Waals surface area contributed by atoms with E-state index in [4.69, 9.17) is 25.8 Å². The van der Waals surface area contributed by atoms with Gasteiger partial charge in [0.1, 0.15) is 11.5 Å². The van der Waals surface area contributed by atoms with Crippen LogP contribution in [0.1, 0.15) is 18.1 Å². The Morgan fingerprint density at radius 1 is 1.11 bits per heavy atom. The highest BCUT2D eigenvalue weighted by atomic mass is 35.5. The van der Waals surface area contributed by atoms with Gasteiger partial charge in [-0.1, -0.05) is 23.7 Å². The summed E-state index contributed by atoms with van der Waals surface area (Å²) in [6.07, 6.45) is -0.985. The fourth-order valence-corrected chi connectivity index (χ4v) is 2.58. The average Bonchev–Trinajstić information content (AvgIpc) is 2.64. The van der Waals surface area contributed by atoms with E-state index in [2.05, 4.69) is 5.32 Å². The molecule has 0 aliphatic heterocycles. The van der Waals surface area contributed by atoms with Crippen LogP contribution in [0.4, 0.5) is 5.69 Å². The third kappa shape index (κ3) is 5.62. The van der Waals surface area contributed by atoms with Gasteiger partial charge in [0.05, 0.1) is 20.6 Å². The number of aryl methyl sites for hydroxylation is 1. The lowest BCUT2D eigenvalue weighted by Crippen LogP contribution is -2.30. The number of nitrogens with one attached hydrogen (secondary N) is 1. The van der Waals surface area contributed by atoms with E-state index in [-0.39, 0.29) is 6.42 Å². The number of methoxy groups -OCH3 is 2. The summed E-state index contributed by atoms with van der Waals surface area (Å²) >= 11 is 5.95.